The Balaban J connectivity index is 1.75. The monoisotopic (exact) mass is 396 g/mol. The number of fused-ring (bicyclic) bond motifs is 3. The van der Waals surface area contributed by atoms with Gasteiger partial charge in [-0.3, -0.25) is 29.5 Å². The van der Waals surface area contributed by atoms with Crippen molar-refractivity contribution in [1.29, 1.82) is 0 Å². The van der Waals surface area contributed by atoms with Crippen LogP contribution in [0.4, 0.5) is 11.4 Å². The number of allylic oxidation sites excluding steroid dienone is 1. The fourth-order valence-electron chi connectivity index (χ4n) is 4.26. The van der Waals surface area contributed by atoms with Crippen LogP contribution in [0.3, 0.4) is 0 Å². The third-order valence-electron chi connectivity index (χ3n) is 5.62. The number of Topliss-reactive ketones (excluding diaryl/α,β-unsaturated/α-hetero) is 1. The van der Waals surface area contributed by atoms with Crippen molar-refractivity contribution in [2.75, 3.05) is 4.90 Å². The minimum Gasteiger partial charge on any atom is -0.297 e. The summed E-state index contributed by atoms with van der Waals surface area (Å²) in [6, 6.07) is 3.92. The van der Waals surface area contributed by atoms with Gasteiger partial charge in [-0.15, -0.1) is 0 Å². The SMILES string of the molecule is CC(C)(C)C(=O)[C@H]1[C@H]2C(=O)N(c3ccc([N+](=O)[O-])cc3)C(=O)[C@H]2[C@@H]2C=CC=NN21. The van der Waals surface area contributed by atoms with Crippen LogP contribution < -0.4 is 4.90 Å². The smallest absolute Gasteiger partial charge is 0.269 e. The number of anilines is 1. The van der Waals surface area contributed by atoms with Crippen molar-refractivity contribution >= 4 is 35.2 Å². The minimum atomic E-state index is -0.852. The minimum absolute atomic E-state index is 0.135. The molecule has 0 aromatic heterocycles. The number of ketones is 1. The normalized spacial score (nSPS) is 28.0. The van der Waals surface area contributed by atoms with Crippen LogP contribution in [0.2, 0.25) is 0 Å². The Bertz CT molecular complexity index is 976. The Hall–Kier alpha value is -3.36. The van der Waals surface area contributed by atoms with Crippen LogP contribution in [-0.4, -0.2) is 45.8 Å². The Labute approximate surface area is 166 Å². The van der Waals surface area contributed by atoms with Crippen molar-refractivity contribution < 1.29 is 19.3 Å². The number of carbonyl (C=O) groups excluding carboxylic acids is 3. The van der Waals surface area contributed by atoms with E-state index in [4.69, 9.17) is 0 Å². The number of non-ortho nitro benzene ring substituents is 1. The summed E-state index contributed by atoms with van der Waals surface area (Å²) < 4.78 is 0. The number of hydrazone groups is 1. The summed E-state index contributed by atoms with van der Waals surface area (Å²) in [6.45, 7) is 5.32. The lowest BCUT2D eigenvalue weighted by Crippen LogP contribution is -2.49. The molecule has 0 unspecified atom stereocenters. The van der Waals surface area contributed by atoms with E-state index >= 15 is 0 Å². The molecule has 2 fully saturated rings. The Kier molecular flexibility index (Phi) is 4.14. The molecule has 1 aromatic rings. The highest BCUT2D eigenvalue weighted by molar-refractivity contribution is 6.24. The number of carbonyl (C=O) groups is 3. The molecule has 9 nitrogen and oxygen atoms in total. The van der Waals surface area contributed by atoms with E-state index in [1.807, 2.05) is 0 Å². The van der Waals surface area contributed by atoms with E-state index in [0.717, 1.165) is 4.90 Å². The average Bonchev–Trinajstić information content (AvgIpc) is 3.14. The van der Waals surface area contributed by atoms with Gasteiger partial charge < -0.3 is 0 Å². The number of hydrogen-bond acceptors (Lipinski definition) is 7. The lowest BCUT2D eigenvalue weighted by molar-refractivity contribution is -0.384. The van der Waals surface area contributed by atoms with Gasteiger partial charge >= 0.3 is 0 Å². The van der Waals surface area contributed by atoms with E-state index in [1.54, 1.807) is 44.1 Å². The summed E-state index contributed by atoms with van der Waals surface area (Å²) in [5.74, 6) is -2.64. The first-order valence-electron chi connectivity index (χ1n) is 9.28. The van der Waals surface area contributed by atoms with Gasteiger partial charge in [0.15, 0.2) is 5.78 Å². The topological polar surface area (TPSA) is 113 Å². The van der Waals surface area contributed by atoms with Crippen LogP contribution in [0.25, 0.3) is 0 Å². The molecule has 0 N–H and O–H groups in total. The molecular weight excluding hydrogens is 376 g/mol. The van der Waals surface area contributed by atoms with Gasteiger partial charge in [-0.2, -0.15) is 5.10 Å². The number of imide groups is 1. The third-order valence-corrected chi connectivity index (χ3v) is 5.62. The van der Waals surface area contributed by atoms with Gasteiger partial charge in [0.05, 0.1) is 28.5 Å². The highest BCUT2D eigenvalue weighted by Gasteiger charge is 2.64. The van der Waals surface area contributed by atoms with E-state index in [2.05, 4.69) is 5.10 Å². The molecule has 2 amide bonds. The van der Waals surface area contributed by atoms with Crippen molar-refractivity contribution in [3.8, 4) is 0 Å². The summed E-state index contributed by atoms with van der Waals surface area (Å²) in [4.78, 5) is 51.1. The fourth-order valence-corrected chi connectivity index (χ4v) is 4.26. The molecule has 0 spiro atoms. The zero-order chi connectivity index (χ0) is 21.1. The highest BCUT2D eigenvalue weighted by Crippen LogP contribution is 2.47. The lowest BCUT2D eigenvalue weighted by Gasteiger charge is -2.33. The maximum atomic E-state index is 13.3. The average molecular weight is 396 g/mol. The number of rotatable bonds is 3. The highest BCUT2D eigenvalue weighted by atomic mass is 16.6. The summed E-state index contributed by atoms with van der Waals surface area (Å²) >= 11 is 0. The molecule has 3 heterocycles. The van der Waals surface area contributed by atoms with Gasteiger partial charge in [-0.1, -0.05) is 26.8 Å². The first kappa shape index (κ1) is 19.0. The molecule has 9 heteroatoms. The van der Waals surface area contributed by atoms with Gasteiger partial charge in [0.2, 0.25) is 11.8 Å². The maximum absolute atomic E-state index is 13.3. The molecule has 0 aliphatic carbocycles. The van der Waals surface area contributed by atoms with Gasteiger partial charge in [0.25, 0.3) is 5.69 Å². The second-order valence-corrected chi connectivity index (χ2v) is 8.42. The summed E-state index contributed by atoms with van der Waals surface area (Å²) in [6.07, 6.45) is 5.03. The third kappa shape index (κ3) is 2.76. The van der Waals surface area contributed by atoms with Crippen LogP contribution in [0, 0.1) is 27.4 Å². The maximum Gasteiger partial charge on any atom is 0.269 e. The van der Waals surface area contributed by atoms with Gasteiger partial charge in [-0.05, 0) is 18.2 Å². The number of benzene rings is 1. The van der Waals surface area contributed by atoms with Gasteiger partial charge in [0, 0.05) is 23.8 Å². The molecule has 0 saturated carbocycles. The lowest BCUT2D eigenvalue weighted by atomic mass is 9.80. The molecule has 4 atom stereocenters. The number of nitrogens with zero attached hydrogens (tertiary/aromatic N) is 4. The van der Waals surface area contributed by atoms with Crippen LogP contribution in [0.5, 0.6) is 0 Å². The van der Waals surface area contributed by atoms with E-state index in [-0.39, 0.29) is 17.2 Å². The zero-order valence-corrected chi connectivity index (χ0v) is 16.2. The molecule has 0 bridgehead atoms. The Morgan fingerprint density at radius 2 is 1.72 bits per heavy atom. The van der Waals surface area contributed by atoms with Crippen LogP contribution in [-0.2, 0) is 14.4 Å². The molecule has 3 aliphatic rings. The molecule has 1 aromatic carbocycles. The Morgan fingerprint density at radius 3 is 2.31 bits per heavy atom. The summed E-state index contributed by atoms with van der Waals surface area (Å²) in [7, 11) is 0. The van der Waals surface area contributed by atoms with Crippen molar-refractivity contribution in [2.24, 2.45) is 22.4 Å². The van der Waals surface area contributed by atoms with E-state index in [9.17, 15) is 24.5 Å². The summed E-state index contributed by atoms with van der Waals surface area (Å²) in [5, 5.41) is 16.8. The zero-order valence-electron chi connectivity index (χ0n) is 16.2. The second kappa shape index (κ2) is 6.33. The quantitative estimate of drug-likeness (QED) is 0.438. The molecule has 0 radical (unpaired) electrons. The van der Waals surface area contributed by atoms with Crippen LogP contribution in [0.1, 0.15) is 20.8 Å². The predicted molar refractivity (Wildman–Crippen MR) is 104 cm³/mol. The molecule has 29 heavy (non-hydrogen) atoms. The van der Waals surface area contributed by atoms with Crippen molar-refractivity contribution in [2.45, 2.75) is 32.9 Å². The van der Waals surface area contributed by atoms with Crippen molar-refractivity contribution in [1.82, 2.24) is 5.01 Å². The first-order valence-corrected chi connectivity index (χ1v) is 9.28. The molecular formula is C20H20N4O5. The number of nitro benzene ring substituents is 1. The largest absolute Gasteiger partial charge is 0.297 e. The predicted octanol–water partition coefficient (Wildman–Crippen LogP) is 1.92. The van der Waals surface area contributed by atoms with Crippen LogP contribution in [0.15, 0.2) is 41.5 Å². The molecule has 150 valence electrons. The van der Waals surface area contributed by atoms with Crippen LogP contribution >= 0.6 is 0 Å². The summed E-state index contributed by atoms with van der Waals surface area (Å²) in [5.41, 5.74) is -0.591. The van der Waals surface area contributed by atoms with E-state index < -0.39 is 46.1 Å². The standard InChI is InChI=1S/C20H20N4O5/c1-20(2,3)17(25)16-15-14(13-5-4-10-21-23(13)16)18(26)22(19(15)27)11-6-8-12(9-7-11)24(28)29/h4-10,13-16H,1-3H3/t13-,14-,15-,16+/m0/s1. The Morgan fingerprint density at radius 1 is 1.10 bits per heavy atom. The van der Waals surface area contributed by atoms with Gasteiger partial charge in [0.1, 0.15) is 6.04 Å². The fraction of sp³-hybridized carbons (Fsp3) is 0.400. The number of nitro groups is 1. The second-order valence-electron chi connectivity index (χ2n) is 8.42. The van der Waals surface area contributed by atoms with E-state index in [1.165, 1.54) is 24.3 Å². The first-order chi connectivity index (χ1) is 13.6. The van der Waals surface area contributed by atoms with Gasteiger partial charge in [-0.25, -0.2) is 4.90 Å². The molecule has 2 saturated heterocycles. The van der Waals surface area contributed by atoms with Crippen molar-refractivity contribution in [3.05, 3.63) is 46.5 Å². The van der Waals surface area contributed by atoms with Crippen molar-refractivity contribution in [3.63, 3.8) is 0 Å². The number of hydrogen-bond donors (Lipinski definition) is 0. The molecule has 4 rings (SSSR count). The van der Waals surface area contributed by atoms with E-state index in [0.29, 0.717) is 0 Å². The molecule has 3 aliphatic heterocycles. The number of amides is 2.